The summed E-state index contributed by atoms with van der Waals surface area (Å²) in [6, 6.07) is 20.7. The molecule has 0 spiro atoms. The molecule has 0 fully saturated rings. The summed E-state index contributed by atoms with van der Waals surface area (Å²) in [6.45, 7) is 3.36. The van der Waals surface area contributed by atoms with Crippen LogP contribution in [0.5, 0.6) is 0 Å². The molecule has 7 heteroatoms. The molecule has 1 N–H and O–H groups in total. The van der Waals surface area contributed by atoms with Crippen LogP contribution in [0, 0.1) is 25.2 Å². The Morgan fingerprint density at radius 2 is 1.80 bits per heavy atom. The molecule has 0 atom stereocenters. The van der Waals surface area contributed by atoms with Gasteiger partial charge >= 0.3 is 5.97 Å². The standard InChI is InChI=1S/C23H21N3O3S/c1-16-14-19(17(2)26(16)18-8-4-3-5-9-18)23(28)29-15-22(27)25-20-10-6-7-11-21(20)30-13-12-24/h3-11,14H,13,15H2,1-2H3,(H,25,27). The number of hydrogen-bond donors (Lipinski definition) is 1. The van der Waals surface area contributed by atoms with Crippen molar-refractivity contribution < 1.29 is 14.3 Å². The summed E-state index contributed by atoms with van der Waals surface area (Å²) < 4.78 is 7.22. The van der Waals surface area contributed by atoms with Crippen LogP contribution in [0.4, 0.5) is 5.69 Å². The van der Waals surface area contributed by atoms with Crippen molar-refractivity contribution in [3.05, 3.63) is 77.6 Å². The summed E-state index contributed by atoms with van der Waals surface area (Å²) in [5.74, 6) is -0.711. The van der Waals surface area contributed by atoms with Gasteiger partial charge in [-0.1, -0.05) is 30.3 Å². The molecule has 2 aromatic carbocycles. The summed E-state index contributed by atoms with van der Waals surface area (Å²) in [7, 11) is 0. The lowest BCUT2D eigenvalue weighted by atomic mass is 10.2. The number of ether oxygens (including phenoxy) is 1. The van der Waals surface area contributed by atoms with Crippen LogP contribution in [-0.2, 0) is 9.53 Å². The lowest BCUT2D eigenvalue weighted by molar-refractivity contribution is -0.119. The van der Waals surface area contributed by atoms with E-state index >= 15 is 0 Å². The van der Waals surface area contributed by atoms with Crippen molar-refractivity contribution in [1.29, 1.82) is 5.26 Å². The van der Waals surface area contributed by atoms with E-state index < -0.39 is 18.5 Å². The van der Waals surface area contributed by atoms with E-state index in [0.29, 0.717) is 11.3 Å². The first-order valence-corrected chi connectivity index (χ1v) is 10.3. The number of carbonyl (C=O) groups is 2. The molecular weight excluding hydrogens is 398 g/mol. The minimum absolute atomic E-state index is 0.277. The second-order valence-corrected chi connectivity index (χ2v) is 7.54. The van der Waals surface area contributed by atoms with Crippen LogP contribution >= 0.6 is 11.8 Å². The van der Waals surface area contributed by atoms with Gasteiger partial charge in [0.1, 0.15) is 0 Å². The number of carbonyl (C=O) groups excluding carboxylic acids is 2. The Bertz CT molecular complexity index is 1100. The summed E-state index contributed by atoms with van der Waals surface area (Å²) >= 11 is 1.33. The fourth-order valence-electron chi connectivity index (χ4n) is 3.14. The van der Waals surface area contributed by atoms with Crippen molar-refractivity contribution in [3.63, 3.8) is 0 Å². The highest BCUT2D eigenvalue weighted by molar-refractivity contribution is 7.99. The molecule has 0 aliphatic rings. The molecule has 3 rings (SSSR count). The van der Waals surface area contributed by atoms with Crippen LogP contribution < -0.4 is 5.32 Å². The smallest absolute Gasteiger partial charge is 0.340 e. The number of aryl methyl sites for hydroxylation is 1. The maximum absolute atomic E-state index is 12.6. The maximum atomic E-state index is 12.6. The highest BCUT2D eigenvalue weighted by Gasteiger charge is 2.19. The van der Waals surface area contributed by atoms with E-state index in [1.165, 1.54) is 11.8 Å². The molecule has 152 valence electrons. The number of thioether (sulfide) groups is 1. The number of anilines is 1. The third-order valence-corrected chi connectivity index (χ3v) is 5.39. The van der Waals surface area contributed by atoms with E-state index in [4.69, 9.17) is 10.00 Å². The van der Waals surface area contributed by atoms with Gasteiger partial charge in [0, 0.05) is 22.0 Å². The Kier molecular flexibility index (Phi) is 6.94. The van der Waals surface area contributed by atoms with Crippen LogP contribution in [0.15, 0.2) is 65.6 Å². The molecule has 0 saturated heterocycles. The number of amides is 1. The second kappa shape index (κ2) is 9.81. The van der Waals surface area contributed by atoms with E-state index in [0.717, 1.165) is 22.0 Å². The molecule has 0 unspecified atom stereocenters. The molecule has 1 aromatic heterocycles. The van der Waals surface area contributed by atoms with Crippen LogP contribution in [-0.4, -0.2) is 28.8 Å². The number of hydrogen-bond acceptors (Lipinski definition) is 5. The number of benzene rings is 2. The van der Waals surface area contributed by atoms with E-state index in [2.05, 4.69) is 11.4 Å². The normalized spacial score (nSPS) is 10.3. The summed E-state index contributed by atoms with van der Waals surface area (Å²) in [5, 5.41) is 11.5. The van der Waals surface area contributed by atoms with Crippen LogP contribution in [0.3, 0.4) is 0 Å². The highest BCUT2D eigenvalue weighted by Crippen LogP contribution is 2.26. The Morgan fingerprint density at radius 1 is 1.10 bits per heavy atom. The van der Waals surface area contributed by atoms with Gasteiger partial charge in [0.25, 0.3) is 5.91 Å². The van der Waals surface area contributed by atoms with Crippen molar-refractivity contribution >= 4 is 29.3 Å². The van der Waals surface area contributed by atoms with Crippen molar-refractivity contribution in [2.75, 3.05) is 17.7 Å². The molecule has 1 amide bonds. The Labute approximate surface area is 179 Å². The van der Waals surface area contributed by atoms with E-state index in [1.807, 2.05) is 60.9 Å². The number of aromatic nitrogens is 1. The van der Waals surface area contributed by atoms with Gasteiger partial charge in [-0.25, -0.2) is 4.79 Å². The van der Waals surface area contributed by atoms with Crippen LogP contribution in [0.1, 0.15) is 21.7 Å². The zero-order valence-electron chi connectivity index (χ0n) is 16.7. The fraction of sp³-hybridized carbons (Fsp3) is 0.174. The Balaban J connectivity index is 1.66. The molecule has 0 bridgehead atoms. The molecule has 30 heavy (non-hydrogen) atoms. The topological polar surface area (TPSA) is 84.1 Å². The number of nitriles is 1. The fourth-order valence-corrected chi connectivity index (χ4v) is 3.81. The monoisotopic (exact) mass is 419 g/mol. The first-order valence-electron chi connectivity index (χ1n) is 9.31. The van der Waals surface area contributed by atoms with E-state index in [1.54, 1.807) is 18.2 Å². The van der Waals surface area contributed by atoms with Crippen molar-refractivity contribution in [2.45, 2.75) is 18.7 Å². The van der Waals surface area contributed by atoms with Gasteiger partial charge < -0.3 is 14.6 Å². The lowest BCUT2D eigenvalue weighted by Gasteiger charge is -2.11. The van der Waals surface area contributed by atoms with Crippen molar-refractivity contribution in [2.24, 2.45) is 0 Å². The predicted molar refractivity (Wildman–Crippen MR) is 117 cm³/mol. The zero-order valence-corrected chi connectivity index (χ0v) is 17.5. The third-order valence-electron chi connectivity index (χ3n) is 4.45. The predicted octanol–water partition coefficient (Wildman–Crippen LogP) is 4.51. The first-order chi connectivity index (χ1) is 14.5. The van der Waals surface area contributed by atoms with Gasteiger partial charge in [0.15, 0.2) is 6.61 Å². The molecule has 1 heterocycles. The first kappa shape index (κ1) is 21.2. The van der Waals surface area contributed by atoms with Crippen molar-refractivity contribution in [3.8, 4) is 11.8 Å². The molecule has 0 aliphatic heterocycles. The van der Waals surface area contributed by atoms with Gasteiger partial charge in [0.05, 0.1) is 23.1 Å². The number of nitrogens with zero attached hydrogens (tertiary/aromatic N) is 2. The minimum atomic E-state index is -0.549. The maximum Gasteiger partial charge on any atom is 0.340 e. The summed E-state index contributed by atoms with van der Waals surface area (Å²) in [6.07, 6.45) is 0. The van der Waals surface area contributed by atoms with Gasteiger partial charge in [0.2, 0.25) is 0 Å². The zero-order chi connectivity index (χ0) is 21.5. The molecule has 0 radical (unpaired) electrons. The largest absolute Gasteiger partial charge is 0.452 e. The molecular formula is C23H21N3O3S. The average Bonchev–Trinajstić information content (AvgIpc) is 3.06. The number of para-hydroxylation sites is 2. The molecule has 0 aliphatic carbocycles. The number of rotatable bonds is 7. The minimum Gasteiger partial charge on any atom is -0.452 e. The average molecular weight is 420 g/mol. The lowest BCUT2D eigenvalue weighted by Crippen LogP contribution is -2.21. The third kappa shape index (κ3) is 4.91. The summed E-state index contributed by atoms with van der Waals surface area (Å²) in [4.78, 5) is 25.6. The highest BCUT2D eigenvalue weighted by atomic mass is 32.2. The van der Waals surface area contributed by atoms with Gasteiger partial charge in [-0.3, -0.25) is 4.79 Å². The Hall–Kier alpha value is -3.50. The Morgan fingerprint density at radius 3 is 2.53 bits per heavy atom. The van der Waals surface area contributed by atoms with Gasteiger partial charge in [-0.15, -0.1) is 11.8 Å². The summed E-state index contributed by atoms with van der Waals surface area (Å²) in [5.41, 5.74) is 3.62. The van der Waals surface area contributed by atoms with E-state index in [-0.39, 0.29) is 5.75 Å². The quantitative estimate of drug-likeness (QED) is 0.450. The second-order valence-electron chi connectivity index (χ2n) is 6.52. The molecule has 3 aromatic rings. The molecule has 0 saturated carbocycles. The van der Waals surface area contributed by atoms with Crippen molar-refractivity contribution in [1.82, 2.24) is 4.57 Å². The van der Waals surface area contributed by atoms with Crippen LogP contribution in [0.25, 0.3) is 5.69 Å². The SMILES string of the molecule is Cc1cc(C(=O)OCC(=O)Nc2ccccc2SCC#N)c(C)n1-c1ccccc1. The number of nitrogens with one attached hydrogen (secondary N) is 1. The molecule has 6 nitrogen and oxygen atoms in total. The van der Waals surface area contributed by atoms with Crippen LogP contribution in [0.2, 0.25) is 0 Å². The van der Waals surface area contributed by atoms with Gasteiger partial charge in [-0.2, -0.15) is 5.26 Å². The van der Waals surface area contributed by atoms with E-state index in [9.17, 15) is 9.59 Å². The number of esters is 1. The van der Waals surface area contributed by atoms with Gasteiger partial charge in [-0.05, 0) is 44.2 Å².